The SMILES string of the molecule is Fc1ccc(Nc2ncnc3cc(OC4CCOCC4)c(OC4CCOCC4)cc23)cc1Cl. The van der Waals surface area contributed by atoms with Gasteiger partial charge in [-0.1, -0.05) is 11.6 Å². The Morgan fingerprint density at radius 1 is 0.879 bits per heavy atom. The van der Waals surface area contributed by atoms with Gasteiger partial charge in [-0.2, -0.15) is 0 Å². The molecule has 2 aromatic carbocycles. The average molecular weight is 474 g/mol. The summed E-state index contributed by atoms with van der Waals surface area (Å²) < 4.78 is 37.2. The first-order valence-corrected chi connectivity index (χ1v) is 11.5. The third-order valence-electron chi connectivity index (χ3n) is 5.81. The molecule has 5 rings (SSSR count). The van der Waals surface area contributed by atoms with E-state index in [4.69, 9.17) is 30.5 Å². The van der Waals surface area contributed by atoms with Crippen LogP contribution in [0.3, 0.4) is 0 Å². The van der Waals surface area contributed by atoms with Crippen LogP contribution in [0.5, 0.6) is 11.5 Å². The van der Waals surface area contributed by atoms with Crippen LogP contribution in [-0.4, -0.2) is 48.6 Å². The fraction of sp³-hybridized carbons (Fsp3) is 0.417. The van der Waals surface area contributed by atoms with Gasteiger partial charge in [-0.05, 0) is 24.3 Å². The Balaban J connectivity index is 1.50. The van der Waals surface area contributed by atoms with Crippen molar-refractivity contribution in [1.29, 1.82) is 0 Å². The fourth-order valence-corrected chi connectivity index (χ4v) is 4.19. The smallest absolute Gasteiger partial charge is 0.163 e. The molecule has 174 valence electrons. The molecule has 0 atom stereocenters. The lowest BCUT2D eigenvalue weighted by atomic mass is 10.1. The van der Waals surface area contributed by atoms with Gasteiger partial charge < -0.3 is 24.3 Å². The molecule has 2 fully saturated rings. The van der Waals surface area contributed by atoms with Gasteiger partial charge in [-0.3, -0.25) is 0 Å². The molecule has 3 heterocycles. The highest BCUT2D eigenvalue weighted by atomic mass is 35.5. The maximum Gasteiger partial charge on any atom is 0.163 e. The van der Waals surface area contributed by atoms with Crippen LogP contribution in [0.1, 0.15) is 25.7 Å². The van der Waals surface area contributed by atoms with Crippen LogP contribution in [0.2, 0.25) is 5.02 Å². The lowest BCUT2D eigenvalue weighted by Crippen LogP contribution is -2.28. The van der Waals surface area contributed by atoms with E-state index in [1.165, 1.54) is 18.5 Å². The number of hydrogen-bond acceptors (Lipinski definition) is 7. The van der Waals surface area contributed by atoms with Gasteiger partial charge in [0.05, 0.1) is 37.0 Å². The molecular formula is C24H25ClFN3O4. The van der Waals surface area contributed by atoms with Crippen LogP contribution in [-0.2, 0) is 9.47 Å². The van der Waals surface area contributed by atoms with Crippen LogP contribution >= 0.6 is 11.6 Å². The van der Waals surface area contributed by atoms with Crippen LogP contribution in [0, 0.1) is 5.82 Å². The highest BCUT2D eigenvalue weighted by Crippen LogP contribution is 2.38. The van der Waals surface area contributed by atoms with Gasteiger partial charge >= 0.3 is 0 Å². The van der Waals surface area contributed by atoms with Gasteiger partial charge in [0.2, 0.25) is 0 Å². The minimum atomic E-state index is -0.475. The maximum absolute atomic E-state index is 13.6. The number of fused-ring (bicyclic) bond motifs is 1. The number of halogens is 2. The summed E-state index contributed by atoms with van der Waals surface area (Å²) in [5.41, 5.74) is 1.33. The monoisotopic (exact) mass is 473 g/mol. The summed E-state index contributed by atoms with van der Waals surface area (Å²) >= 11 is 5.94. The summed E-state index contributed by atoms with van der Waals surface area (Å²) in [7, 11) is 0. The minimum Gasteiger partial charge on any atom is -0.486 e. The van der Waals surface area contributed by atoms with Gasteiger partial charge in [0.1, 0.15) is 30.2 Å². The zero-order chi connectivity index (χ0) is 22.6. The van der Waals surface area contributed by atoms with Crippen molar-refractivity contribution >= 4 is 34.0 Å². The van der Waals surface area contributed by atoms with Crippen molar-refractivity contribution in [3.8, 4) is 11.5 Å². The summed E-state index contributed by atoms with van der Waals surface area (Å²) in [6, 6.07) is 8.24. The number of nitrogens with zero attached hydrogens (tertiary/aromatic N) is 2. The number of rotatable bonds is 6. The summed E-state index contributed by atoms with van der Waals surface area (Å²) in [5.74, 6) is 1.40. The summed E-state index contributed by atoms with van der Waals surface area (Å²) in [6.07, 6.45) is 4.89. The zero-order valence-corrected chi connectivity index (χ0v) is 18.8. The van der Waals surface area contributed by atoms with E-state index in [1.54, 1.807) is 6.07 Å². The fourth-order valence-electron chi connectivity index (χ4n) is 4.01. The van der Waals surface area contributed by atoms with Gasteiger partial charge in [0.15, 0.2) is 11.5 Å². The van der Waals surface area contributed by atoms with E-state index < -0.39 is 5.82 Å². The summed E-state index contributed by atoms with van der Waals surface area (Å²) in [4.78, 5) is 8.83. The molecule has 0 bridgehead atoms. The minimum absolute atomic E-state index is 0.0362. The Kier molecular flexibility index (Phi) is 6.75. The van der Waals surface area contributed by atoms with E-state index in [9.17, 15) is 4.39 Å². The van der Waals surface area contributed by atoms with Crippen molar-refractivity contribution in [3.63, 3.8) is 0 Å². The van der Waals surface area contributed by atoms with E-state index in [2.05, 4.69) is 15.3 Å². The normalized spacial score (nSPS) is 17.8. The van der Waals surface area contributed by atoms with Crippen LogP contribution in [0.25, 0.3) is 10.9 Å². The highest BCUT2D eigenvalue weighted by molar-refractivity contribution is 6.31. The molecule has 0 saturated carbocycles. The molecule has 0 amide bonds. The molecule has 3 aromatic rings. The average Bonchev–Trinajstić information content (AvgIpc) is 2.83. The second-order valence-corrected chi connectivity index (χ2v) is 8.56. The van der Waals surface area contributed by atoms with Crippen LogP contribution in [0.15, 0.2) is 36.7 Å². The zero-order valence-electron chi connectivity index (χ0n) is 18.1. The third-order valence-corrected chi connectivity index (χ3v) is 6.10. The Morgan fingerprint density at radius 3 is 2.15 bits per heavy atom. The van der Waals surface area contributed by atoms with E-state index in [1.807, 2.05) is 12.1 Å². The van der Waals surface area contributed by atoms with E-state index in [0.29, 0.717) is 54.9 Å². The molecule has 0 radical (unpaired) electrons. The Bertz CT molecular complexity index is 1120. The molecule has 0 spiro atoms. The van der Waals surface area contributed by atoms with Gasteiger partial charge in [-0.15, -0.1) is 0 Å². The quantitative estimate of drug-likeness (QED) is 0.522. The standard InChI is InChI=1S/C24H25ClFN3O4/c25-19-11-15(1-2-20(19)26)29-24-18-12-22(32-16-3-7-30-8-4-16)23(13-21(18)27-14-28-24)33-17-5-9-31-10-6-17/h1-2,11-14,16-17H,3-10H2,(H,27,28,29). The molecular weight excluding hydrogens is 449 g/mol. The summed E-state index contributed by atoms with van der Waals surface area (Å²) in [5, 5.41) is 4.01. The first-order chi connectivity index (χ1) is 16.2. The van der Waals surface area contributed by atoms with E-state index in [0.717, 1.165) is 31.1 Å². The maximum atomic E-state index is 13.6. The second-order valence-electron chi connectivity index (χ2n) is 8.15. The van der Waals surface area contributed by atoms with Gasteiger partial charge in [-0.25, -0.2) is 14.4 Å². The van der Waals surface area contributed by atoms with Crippen LogP contribution in [0.4, 0.5) is 15.9 Å². The highest BCUT2D eigenvalue weighted by Gasteiger charge is 2.22. The Labute approximate surface area is 196 Å². The number of hydrogen-bond donors (Lipinski definition) is 1. The number of nitrogens with one attached hydrogen (secondary N) is 1. The van der Waals surface area contributed by atoms with Crippen molar-refractivity contribution in [3.05, 3.63) is 47.5 Å². The molecule has 2 saturated heterocycles. The van der Waals surface area contributed by atoms with Crippen LogP contribution < -0.4 is 14.8 Å². The second kappa shape index (κ2) is 10.1. The molecule has 9 heteroatoms. The van der Waals surface area contributed by atoms with Gasteiger partial charge in [0.25, 0.3) is 0 Å². The van der Waals surface area contributed by atoms with Crippen molar-refractivity contribution in [2.45, 2.75) is 37.9 Å². The lowest BCUT2D eigenvalue weighted by molar-refractivity contribution is 0.0142. The Morgan fingerprint density at radius 2 is 1.52 bits per heavy atom. The first-order valence-electron chi connectivity index (χ1n) is 11.2. The van der Waals surface area contributed by atoms with E-state index >= 15 is 0 Å². The molecule has 1 N–H and O–H groups in total. The van der Waals surface area contributed by atoms with Crippen molar-refractivity contribution in [2.24, 2.45) is 0 Å². The third kappa shape index (κ3) is 5.29. The first kappa shape index (κ1) is 22.1. The molecule has 0 unspecified atom stereocenters. The number of aromatic nitrogens is 2. The summed E-state index contributed by atoms with van der Waals surface area (Å²) in [6.45, 7) is 2.72. The largest absolute Gasteiger partial charge is 0.486 e. The number of ether oxygens (including phenoxy) is 4. The topological polar surface area (TPSA) is 74.7 Å². The number of anilines is 2. The molecule has 2 aliphatic heterocycles. The van der Waals surface area contributed by atoms with Crippen molar-refractivity contribution in [1.82, 2.24) is 9.97 Å². The lowest BCUT2D eigenvalue weighted by Gasteiger charge is -2.27. The molecule has 7 nitrogen and oxygen atoms in total. The van der Waals surface area contributed by atoms with E-state index in [-0.39, 0.29) is 17.2 Å². The molecule has 2 aliphatic rings. The van der Waals surface area contributed by atoms with Gasteiger partial charge in [0, 0.05) is 42.8 Å². The predicted octanol–water partition coefficient (Wildman–Crippen LogP) is 5.28. The molecule has 0 aliphatic carbocycles. The Hall–Kier alpha value is -2.68. The molecule has 33 heavy (non-hydrogen) atoms. The van der Waals surface area contributed by atoms with Crippen molar-refractivity contribution < 1.29 is 23.3 Å². The predicted molar refractivity (Wildman–Crippen MR) is 123 cm³/mol. The number of benzene rings is 2. The molecule has 1 aromatic heterocycles. The van der Waals surface area contributed by atoms with Crippen molar-refractivity contribution in [2.75, 3.05) is 31.7 Å².